The molecule has 0 amide bonds. The molecule has 0 aliphatic rings. The summed E-state index contributed by atoms with van der Waals surface area (Å²) in [6.45, 7) is 0. The fourth-order valence-corrected chi connectivity index (χ4v) is 7.61. The molecular formula is C51H33N3. The monoisotopic (exact) mass is 687 g/mol. The van der Waals surface area contributed by atoms with Crippen LogP contribution in [0.1, 0.15) is 0 Å². The molecule has 0 atom stereocenters. The zero-order chi connectivity index (χ0) is 35.8. The second-order valence-corrected chi connectivity index (χ2v) is 13.6. The molecule has 0 saturated heterocycles. The molecule has 0 saturated carbocycles. The fourth-order valence-electron chi connectivity index (χ4n) is 7.61. The quantitative estimate of drug-likeness (QED) is 0.175. The number of nitrogens with zero attached hydrogens (tertiary/aromatic N) is 3. The summed E-state index contributed by atoms with van der Waals surface area (Å²) >= 11 is 0. The van der Waals surface area contributed by atoms with Gasteiger partial charge in [0.05, 0.1) is 0 Å². The van der Waals surface area contributed by atoms with Crippen LogP contribution in [0.25, 0.3) is 99.9 Å². The van der Waals surface area contributed by atoms with Crippen LogP contribution < -0.4 is 0 Å². The van der Waals surface area contributed by atoms with Crippen molar-refractivity contribution >= 4 is 32.3 Å². The molecule has 252 valence electrons. The Hall–Kier alpha value is -7.23. The lowest BCUT2D eigenvalue weighted by Crippen LogP contribution is -2.01. The van der Waals surface area contributed by atoms with Gasteiger partial charge in [-0.05, 0) is 72.4 Å². The summed E-state index contributed by atoms with van der Waals surface area (Å²) in [7, 11) is 0. The molecule has 1 heterocycles. The minimum Gasteiger partial charge on any atom is -0.208 e. The van der Waals surface area contributed by atoms with E-state index in [0.29, 0.717) is 17.5 Å². The molecule has 1 aromatic heterocycles. The average Bonchev–Trinajstić information content (AvgIpc) is 3.26. The van der Waals surface area contributed by atoms with Gasteiger partial charge in [-0.2, -0.15) is 0 Å². The molecule has 0 spiro atoms. The van der Waals surface area contributed by atoms with Gasteiger partial charge < -0.3 is 0 Å². The van der Waals surface area contributed by atoms with Gasteiger partial charge in [-0.25, -0.2) is 15.0 Å². The van der Waals surface area contributed by atoms with Crippen molar-refractivity contribution in [3.05, 3.63) is 200 Å². The van der Waals surface area contributed by atoms with Gasteiger partial charge in [0, 0.05) is 22.1 Å². The molecule has 9 aromatic carbocycles. The summed E-state index contributed by atoms with van der Waals surface area (Å²) < 4.78 is 0. The van der Waals surface area contributed by atoms with E-state index in [1.54, 1.807) is 0 Å². The van der Waals surface area contributed by atoms with Crippen molar-refractivity contribution in [2.24, 2.45) is 0 Å². The normalized spacial score (nSPS) is 11.3. The third kappa shape index (κ3) is 5.78. The molecule has 0 aliphatic heterocycles. The Morgan fingerprint density at radius 1 is 0.241 bits per heavy atom. The van der Waals surface area contributed by atoms with Crippen LogP contribution in [0.15, 0.2) is 200 Å². The van der Waals surface area contributed by atoms with E-state index in [0.717, 1.165) is 49.5 Å². The highest BCUT2D eigenvalue weighted by Gasteiger charge is 2.17. The topological polar surface area (TPSA) is 38.7 Å². The van der Waals surface area contributed by atoms with Crippen molar-refractivity contribution in [3.8, 4) is 67.5 Å². The predicted molar refractivity (Wildman–Crippen MR) is 225 cm³/mol. The fraction of sp³-hybridized carbons (Fsp3) is 0. The van der Waals surface area contributed by atoms with E-state index in [2.05, 4.69) is 194 Å². The maximum atomic E-state index is 5.23. The number of aromatic nitrogens is 3. The number of benzene rings is 9. The maximum absolute atomic E-state index is 5.23. The highest BCUT2D eigenvalue weighted by molar-refractivity contribution is 6.05. The van der Waals surface area contributed by atoms with E-state index in [-0.39, 0.29) is 0 Å². The zero-order valence-electron chi connectivity index (χ0n) is 29.4. The molecule has 10 aromatic rings. The van der Waals surface area contributed by atoms with Crippen molar-refractivity contribution in [2.75, 3.05) is 0 Å². The highest BCUT2D eigenvalue weighted by Crippen LogP contribution is 2.37. The predicted octanol–water partition coefficient (Wildman–Crippen LogP) is 13.3. The number of fused-ring (bicyclic) bond motifs is 3. The molecule has 10 rings (SSSR count). The van der Waals surface area contributed by atoms with Gasteiger partial charge in [-0.3, -0.25) is 0 Å². The minimum absolute atomic E-state index is 0.633. The van der Waals surface area contributed by atoms with Gasteiger partial charge >= 0.3 is 0 Å². The van der Waals surface area contributed by atoms with E-state index in [9.17, 15) is 0 Å². The van der Waals surface area contributed by atoms with Crippen LogP contribution in [0.2, 0.25) is 0 Å². The molecule has 0 N–H and O–H groups in total. The van der Waals surface area contributed by atoms with Crippen molar-refractivity contribution in [3.63, 3.8) is 0 Å². The van der Waals surface area contributed by atoms with Gasteiger partial charge in [-0.1, -0.05) is 188 Å². The van der Waals surface area contributed by atoms with Crippen LogP contribution in [0.4, 0.5) is 0 Å². The molecule has 3 heteroatoms. The maximum Gasteiger partial charge on any atom is 0.164 e. The molecule has 0 radical (unpaired) electrons. The number of hydrogen-bond acceptors (Lipinski definition) is 3. The van der Waals surface area contributed by atoms with Gasteiger partial charge in [0.15, 0.2) is 17.5 Å². The Morgan fingerprint density at radius 3 is 1.46 bits per heavy atom. The Morgan fingerprint density at radius 2 is 0.722 bits per heavy atom. The van der Waals surface area contributed by atoms with Gasteiger partial charge in [0.2, 0.25) is 0 Å². The third-order valence-electron chi connectivity index (χ3n) is 10.3. The first kappa shape index (κ1) is 31.5. The van der Waals surface area contributed by atoms with Gasteiger partial charge in [0.1, 0.15) is 0 Å². The van der Waals surface area contributed by atoms with E-state index in [1.165, 1.54) is 32.8 Å². The van der Waals surface area contributed by atoms with Crippen LogP contribution in [0, 0.1) is 0 Å². The lowest BCUT2D eigenvalue weighted by Gasteiger charge is -2.14. The SMILES string of the molecule is c1ccc(-c2ccc3cc(-c4nc(-c5ccc(-c6cccc7ccccc67)cc5)nc(-c5cccc6cccc(-c7ccccc7)c56)n4)ccc3c2)cc1. The number of hydrogen-bond donors (Lipinski definition) is 0. The highest BCUT2D eigenvalue weighted by atomic mass is 15.0. The lowest BCUT2D eigenvalue weighted by atomic mass is 9.94. The van der Waals surface area contributed by atoms with Gasteiger partial charge in [-0.15, -0.1) is 0 Å². The molecular weight excluding hydrogens is 655 g/mol. The van der Waals surface area contributed by atoms with Crippen LogP contribution in [-0.4, -0.2) is 15.0 Å². The third-order valence-corrected chi connectivity index (χ3v) is 10.3. The van der Waals surface area contributed by atoms with Gasteiger partial charge in [0.25, 0.3) is 0 Å². The minimum atomic E-state index is 0.633. The Bertz CT molecular complexity index is 2960. The molecule has 54 heavy (non-hydrogen) atoms. The van der Waals surface area contributed by atoms with E-state index in [4.69, 9.17) is 15.0 Å². The van der Waals surface area contributed by atoms with E-state index < -0.39 is 0 Å². The second kappa shape index (κ2) is 13.4. The molecule has 0 aliphatic carbocycles. The van der Waals surface area contributed by atoms with Crippen molar-refractivity contribution in [1.82, 2.24) is 15.0 Å². The summed E-state index contributed by atoms with van der Waals surface area (Å²) in [5.74, 6) is 1.91. The van der Waals surface area contributed by atoms with E-state index in [1.807, 2.05) is 6.07 Å². The summed E-state index contributed by atoms with van der Waals surface area (Å²) in [4.78, 5) is 15.6. The molecule has 0 bridgehead atoms. The zero-order valence-corrected chi connectivity index (χ0v) is 29.4. The Kier molecular flexibility index (Phi) is 7.81. The largest absolute Gasteiger partial charge is 0.208 e. The first-order valence-electron chi connectivity index (χ1n) is 18.3. The first-order valence-corrected chi connectivity index (χ1v) is 18.3. The van der Waals surface area contributed by atoms with Crippen molar-refractivity contribution in [2.45, 2.75) is 0 Å². The van der Waals surface area contributed by atoms with Crippen LogP contribution in [0.5, 0.6) is 0 Å². The van der Waals surface area contributed by atoms with E-state index >= 15 is 0 Å². The molecule has 0 unspecified atom stereocenters. The molecule has 3 nitrogen and oxygen atoms in total. The average molecular weight is 688 g/mol. The van der Waals surface area contributed by atoms with Crippen LogP contribution in [0.3, 0.4) is 0 Å². The summed E-state index contributed by atoms with van der Waals surface area (Å²) in [5.41, 5.74) is 9.88. The second-order valence-electron chi connectivity index (χ2n) is 13.6. The van der Waals surface area contributed by atoms with Crippen molar-refractivity contribution in [1.29, 1.82) is 0 Å². The Balaban J connectivity index is 1.14. The van der Waals surface area contributed by atoms with Crippen molar-refractivity contribution < 1.29 is 0 Å². The summed E-state index contributed by atoms with van der Waals surface area (Å²) in [6, 6.07) is 70.6. The standard InChI is InChI=1S/C51H33N3/c1-3-12-34(13-4-1)40-28-29-42-33-43(31-30-41(42)32-40)50-52-49(39-26-24-37(25-27-39)45-21-9-17-35-16-7-8-20-44(35)45)53-51(54-50)47-23-11-19-38-18-10-22-46(48(38)47)36-14-5-2-6-15-36/h1-33H. The smallest absolute Gasteiger partial charge is 0.164 e. The van der Waals surface area contributed by atoms with Crippen LogP contribution in [-0.2, 0) is 0 Å². The lowest BCUT2D eigenvalue weighted by molar-refractivity contribution is 1.08. The molecule has 0 fully saturated rings. The number of rotatable bonds is 6. The summed E-state index contributed by atoms with van der Waals surface area (Å²) in [6.07, 6.45) is 0. The Labute approximate surface area is 313 Å². The van der Waals surface area contributed by atoms with Crippen LogP contribution >= 0.6 is 0 Å². The summed E-state index contributed by atoms with van der Waals surface area (Å²) in [5, 5.41) is 7.01. The first-order chi connectivity index (χ1) is 26.7.